The number of aromatic hydroxyl groups is 1. The molecule has 2 heterocycles. The molecule has 0 aromatic heterocycles. The van der Waals surface area contributed by atoms with Crippen molar-refractivity contribution in [3.05, 3.63) is 16.1 Å². The fourth-order valence-electron chi connectivity index (χ4n) is 2.42. The lowest BCUT2D eigenvalue weighted by Crippen LogP contribution is -2.20. The molecule has 0 spiro atoms. The fourth-order valence-corrected chi connectivity index (χ4v) is 2.85. The van der Waals surface area contributed by atoms with Crippen LogP contribution in [0.2, 0.25) is 0 Å². The first-order valence-electron chi connectivity index (χ1n) is 5.81. The Kier molecular flexibility index (Phi) is 2.88. The smallest absolute Gasteiger partial charge is 0.169 e. The van der Waals surface area contributed by atoms with Crippen LogP contribution in [0.5, 0.6) is 17.2 Å². The third-order valence-electron chi connectivity index (χ3n) is 3.20. The molecule has 92 valence electrons. The van der Waals surface area contributed by atoms with Gasteiger partial charge in [0.1, 0.15) is 19.0 Å². The molecule has 0 radical (unpaired) electrons. The lowest BCUT2D eigenvalue weighted by atomic mass is 10.0. The Labute approximate surface area is 108 Å². The molecule has 17 heavy (non-hydrogen) atoms. The van der Waals surface area contributed by atoms with Gasteiger partial charge in [0.05, 0.1) is 10.0 Å². The summed E-state index contributed by atoms with van der Waals surface area (Å²) < 4.78 is 11.9. The lowest BCUT2D eigenvalue weighted by Gasteiger charge is -2.25. The van der Waals surface area contributed by atoms with Gasteiger partial charge in [0.25, 0.3) is 0 Å². The van der Waals surface area contributed by atoms with Gasteiger partial charge in [0.2, 0.25) is 0 Å². The van der Waals surface area contributed by atoms with Crippen LogP contribution in [0.4, 0.5) is 0 Å². The van der Waals surface area contributed by atoms with E-state index in [4.69, 9.17) is 9.47 Å². The van der Waals surface area contributed by atoms with Gasteiger partial charge in [0.15, 0.2) is 11.5 Å². The lowest BCUT2D eigenvalue weighted by molar-refractivity contribution is 0.167. The van der Waals surface area contributed by atoms with Gasteiger partial charge < -0.3 is 19.9 Å². The summed E-state index contributed by atoms with van der Waals surface area (Å²) in [5.74, 6) is 1.66. The molecule has 1 aromatic carbocycles. The highest BCUT2D eigenvalue weighted by Gasteiger charge is 2.29. The first-order valence-corrected chi connectivity index (χ1v) is 6.61. The Bertz CT molecular complexity index is 444. The number of phenols is 1. The minimum absolute atomic E-state index is 0.156. The Morgan fingerprint density at radius 3 is 2.94 bits per heavy atom. The van der Waals surface area contributed by atoms with Crippen molar-refractivity contribution in [2.45, 2.75) is 18.9 Å². The average molecular weight is 300 g/mol. The Morgan fingerprint density at radius 2 is 2.18 bits per heavy atom. The fraction of sp³-hybridized carbons (Fsp3) is 0.500. The monoisotopic (exact) mass is 299 g/mol. The van der Waals surface area contributed by atoms with E-state index in [2.05, 4.69) is 21.2 Å². The quantitative estimate of drug-likeness (QED) is 0.836. The van der Waals surface area contributed by atoms with Crippen LogP contribution in [-0.4, -0.2) is 24.9 Å². The van der Waals surface area contributed by atoms with Gasteiger partial charge in [-0.25, -0.2) is 0 Å². The summed E-state index contributed by atoms with van der Waals surface area (Å²) in [5.41, 5.74) is 0.826. The normalized spacial score (nSPS) is 22.8. The van der Waals surface area contributed by atoms with Crippen molar-refractivity contribution < 1.29 is 14.6 Å². The summed E-state index contributed by atoms with van der Waals surface area (Å²) in [7, 11) is 0. The van der Waals surface area contributed by atoms with Crippen molar-refractivity contribution in [1.82, 2.24) is 5.32 Å². The zero-order chi connectivity index (χ0) is 11.8. The first kappa shape index (κ1) is 11.2. The summed E-state index contributed by atoms with van der Waals surface area (Å²) in [6, 6.07) is 1.92. The van der Waals surface area contributed by atoms with E-state index in [1.54, 1.807) is 6.07 Å². The molecule has 5 heteroatoms. The summed E-state index contributed by atoms with van der Waals surface area (Å²) >= 11 is 3.36. The van der Waals surface area contributed by atoms with Crippen molar-refractivity contribution in [2.24, 2.45) is 0 Å². The third-order valence-corrected chi connectivity index (χ3v) is 3.81. The van der Waals surface area contributed by atoms with E-state index in [1.807, 2.05) is 0 Å². The van der Waals surface area contributed by atoms with E-state index in [1.165, 1.54) is 0 Å². The third kappa shape index (κ3) is 1.87. The number of benzene rings is 1. The van der Waals surface area contributed by atoms with E-state index >= 15 is 0 Å². The second-order valence-electron chi connectivity index (χ2n) is 4.29. The van der Waals surface area contributed by atoms with Gasteiger partial charge in [-0.15, -0.1) is 0 Å². The van der Waals surface area contributed by atoms with Crippen LogP contribution in [0.15, 0.2) is 10.5 Å². The molecule has 0 aliphatic carbocycles. The van der Waals surface area contributed by atoms with Crippen LogP contribution in [0.25, 0.3) is 0 Å². The van der Waals surface area contributed by atoms with Crippen LogP contribution in [-0.2, 0) is 0 Å². The van der Waals surface area contributed by atoms with Gasteiger partial charge in [-0.05, 0) is 35.3 Å². The number of halogens is 1. The number of phenolic OH excluding ortho intramolecular Hbond substituents is 1. The zero-order valence-electron chi connectivity index (χ0n) is 9.33. The van der Waals surface area contributed by atoms with Crippen molar-refractivity contribution in [1.29, 1.82) is 0 Å². The maximum absolute atomic E-state index is 10.2. The molecule has 0 saturated carbocycles. The molecule has 2 aliphatic heterocycles. The van der Waals surface area contributed by atoms with Crippen LogP contribution in [0, 0.1) is 0 Å². The minimum atomic E-state index is 0.156. The van der Waals surface area contributed by atoms with E-state index in [0.717, 1.165) is 24.9 Å². The van der Waals surface area contributed by atoms with Gasteiger partial charge in [0, 0.05) is 12.1 Å². The molecule has 1 saturated heterocycles. The first-order chi connectivity index (χ1) is 8.27. The second-order valence-corrected chi connectivity index (χ2v) is 5.15. The van der Waals surface area contributed by atoms with Crippen molar-refractivity contribution in [2.75, 3.05) is 19.8 Å². The molecule has 2 N–H and O–H groups in total. The van der Waals surface area contributed by atoms with Gasteiger partial charge in [-0.3, -0.25) is 0 Å². The molecule has 0 amide bonds. The average Bonchev–Trinajstić information content (AvgIpc) is 2.84. The van der Waals surface area contributed by atoms with Crippen LogP contribution in [0.3, 0.4) is 0 Å². The molecule has 1 fully saturated rings. The summed E-state index contributed by atoms with van der Waals surface area (Å²) in [6.07, 6.45) is 2.13. The SMILES string of the molecule is Oc1c(Br)cc2c(c1C1CCCN1)OCCO2. The number of ether oxygens (including phenoxy) is 2. The van der Waals surface area contributed by atoms with Crippen LogP contribution < -0.4 is 14.8 Å². The Hall–Kier alpha value is -0.940. The molecule has 3 rings (SSSR count). The predicted octanol–water partition coefficient (Wildman–Crippen LogP) is 2.35. The maximum atomic E-state index is 10.2. The van der Waals surface area contributed by atoms with Crippen LogP contribution in [0.1, 0.15) is 24.4 Å². The molecule has 4 nitrogen and oxygen atoms in total. The zero-order valence-corrected chi connectivity index (χ0v) is 10.9. The molecular weight excluding hydrogens is 286 g/mol. The maximum Gasteiger partial charge on any atom is 0.169 e. The van der Waals surface area contributed by atoms with E-state index in [-0.39, 0.29) is 11.8 Å². The molecule has 2 aliphatic rings. The van der Waals surface area contributed by atoms with Crippen LogP contribution >= 0.6 is 15.9 Å². The molecular formula is C12H14BrNO3. The van der Waals surface area contributed by atoms with Crippen molar-refractivity contribution in [3.8, 4) is 17.2 Å². The number of hydrogen-bond acceptors (Lipinski definition) is 4. The predicted molar refractivity (Wildman–Crippen MR) is 66.8 cm³/mol. The largest absolute Gasteiger partial charge is 0.506 e. The molecule has 1 atom stereocenters. The molecule has 0 bridgehead atoms. The highest BCUT2D eigenvalue weighted by Crippen LogP contribution is 2.48. The standard InChI is InChI=1S/C12H14BrNO3/c13-7-6-9-12(17-5-4-16-9)10(11(7)15)8-2-1-3-14-8/h6,8,14-15H,1-5H2. The van der Waals surface area contributed by atoms with E-state index < -0.39 is 0 Å². The highest BCUT2D eigenvalue weighted by molar-refractivity contribution is 9.10. The number of rotatable bonds is 1. The van der Waals surface area contributed by atoms with Gasteiger partial charge in [-0.2, -0.15) is 0 Å². The Balaban J connectivity index is 2.12. The van der Waals surface area contributed by atoms with E-state index in [9.17, 15) is 5.11 Å². The number of hydrogen-bond donors (Lipinski definition) is 2. The summed E-state index contributed by atoms with van der Waals surface area (Å²) in [5, 5.41) is 13.6. The number of nitrogens with one attached hydrogen (secondary N) is 1. The topological polar surface area (TPSA) is 50.7 Å². The highest BCUT2D eigenvalue weighted by atomic mass is 79.9. The van der Waals surface area contributed by atoms with Gasteiger partial charge in [-0.1, -0.05) is 0 Å². The minimum Gasteiger partial charge on any atom is -0.506 e. The van der Waals surface area contributed by atoms with E-state index in [0.29, 0.717) is 29.2 Å². The molecule has 1 aromatic rings. The Morgan fingerprint density at radius 1 is 1.35 bits per heavy atom. The molecule has 1 unspecified atom stereocenters. The summed E-state index contributed by atoms with van der Waals surface area (Å²) in [6.45, 7) is 2.07. The van der Waals surface area contributed by atoms with Gasteiger partial charge >= 0.3 is 0 Å². The van der Waals surface area contributed by atoms with Crippen molar-refractivity contribution in [3.63, 3.8) is 0 Å². The van der Waals surface area contributed by atoms with Crippen molar-refractivity contribution >= 4 is 15.9 Å². The summed E-state index contributed by atoms with van der Waals surface area (Å²) in [4.78, 5) is 0. The number of fused-ring (bicyclic) bond motifs is 1. The second kappa shape index (κ2) is 4.38.